The highest BCUT2D eigenvalue weighted by Gasteiger charge is 2.32. The van der Waals surface area contributed by atoms with Gasteiger partial charge in [-0.1, -0.05) is 35.5 Å². The second-order valence-corrected chi connectivity index (χ2v) is 7.44. The molecule has 32 heavy (non-hydrogen) atoms. The summed E-state index contributed by atoms with van der Waals surface area (Å²) in [5.41, 5.74) is 5.79. The number of para-hydroxylation sites is 1. The van der Waals surface area contributed by atoms with Crippen molar-refractivity contribution in [3.05, 3.63) is 60.5 Å². The Morgan fingerprint density at radius 1 is 1.03 bits per heavy atom. The molecule has 9 heteroatoms. The quantitative estimate of drug-likeness (QED) is 0.576. The number of hydrogen-bond acceptors (Lipinski definition) is 7. The number of ether oxygens (including phenoxy) is 2. The van der Waals surface area contributed by atoms with E-state index in [1.54, 1.807) is 23.1 Å². The standard InChI is InChI=1S/C23H24N4O5/c24-20(28)14-30-18-10-6-7-16(13-18)22-25-23(32-26-22)19-11-4-5-12-27(19)21(29)15-31-17-8-2-1-3-9-17/h1-3,6-10,13,19H,4-5,11-12,14-15H2,(H2,24,28). The van der Waals surface area contributed by atoms with Gasteiger partial charge in [0.15, 0.2) is 13.2 Å². The minimum atomic E-state index is -0.560. The lowest BCUT2D eigenvalue weighted by atomic mass is 10.0. The van der Waals surface area contributed by atoms with E-state index in [2.05, 4.69) is 10.1 Å². The van der Waals surface area contributed by atoms with Gasteiger partial charge in [0.1, 0.15) is 17.5 Å². The summed E-state index contributed by atoms with van der Waals surface area (Å²) in [5.74, 6) is 1.20. The van der Waals surface area contributed by atoms with Crippen LogP contribution in [0.2, 0.25) is 0 Å². The zero-order valence-electron chi connectivity index (χ0n) is 17.5. The van der Waals surface area contributed by atoms with Crippen molar-refractivity contribution < 1.29 is 23.6 Å². The maximum absolute atomic E-state index is 12.9. The number of carbonyl (C=O) groups excluding carboxylic acids is 2. The predicted octanol–water partition coefficient (Wildman–Crippen LogP) is 2.73. The van der Waals surface area contributed by atoms with Gasteiger partial charge >= 0.3 is 0 Å². The molecule has 0 radical (unpaired) electrons. The molecule has 9 nitrogen and oxygen atoms in total. The fourth-order valence-corrected chi connectivity index (χ4v) is 3.60. The maximum Gasteiger partial charge on any atom is 0.261 e. The molecule has 1 atom stereocenters. The van der Waals surface area contributed by atoms with Crippen molar-refractivity contribution in [1.29, 1.82) is 0 Å². The lowest BCUT2D eigenvalue weighted by Crippen LogP contribution is -2.41. The number of hydrogen-bond donors (Lipinski definition) is 1. The Labute approximate surface area is 185 Å². The lowest BCUT2D eigenvalue weighted by molar-refractivity contribution is -0.138. The zero-order chi connectivity index (χ0) is 22.3. The van der Waals surface area contributed by atoms with Crippen LogP contribution in [0.1, 0.15) is 31.2 Å². The summed E-state index contributed by atoms with van der Waals surface area (Å²) in [6.45, 7) is 0.335. The van der Waals surface area contributed by atoms with Gasteiger partial charge in [-0.25, -0.2) is 0 Å². The van der Waals surface area contributed by atoms with Crippen LogP contribution in [0.3, 0.4) is 0 Å². The molecule has 0 spiro atoms. The number of likely N-dealkylation sites (tertiary alicyclic amines) is 1. The topological polar surface area (TPSA) is 121 Å². The predicted molar refractivity (Wildman–Crippen MR) is 115 cm³/mol. The molecule has 1 saturated heterocycles. The normalized spacial score (nSPS) is 15.9. The van der Waals surface area contributed by atoms with Gasteiger partial charge in [-0.05, 0) is 43.5 Å². The molecule has 166 valence electrons. The van der Waals surface area contributed by atoms with E-state index in [9.17, 15) is 9.59 Å². The van der Waals surface area contributed by atoms with Crippen LogP contribution in [0.4, 0.5) is 0 Å². The summed E-state index contributed by atoms with van der Waals surface area (Å²) < 4.78 is 16.5. The smallest absolute Gasteiger partial charge is 0.261 e. The molecule has 1 aliphatic rings. The average molecular weight is 436 g/mol. The summed E-state index contributed by atoms with van der Waals surface area (Å²) in [5, 5.41) is 4.08. The van der Waals surface area contributed by atoms with Crippen LogP contribution in [0.15, 0.2) is 59.1 Å². The van der Waals surface area contributed by atoms with Gasteiger partial charge in [0.25, 0.3) is 11.8 Å². The highest BCUT2D eigenvalue weighted by Crippen LogP contribution is 2.32. The van der Waals surface area contributed by atoms with E-state index in [1.807, 2.05) is 36.4 Å². The van der Waals surface area contributed by atoms with E-state index in [-0.39, 0.29) is 25.2 Å². The van der Waals surface area contributed by atoms with E-state index >= 15 is 0 Å². The number of benzene rings is 2. The third-order valence-corrected chi connectivity index (χ3v) is 5.13. The lowest BCUT2D eigenvalue weighted by Gasteiger charge is -2.33. The molecule has 1 fully saturated rings. The third-order valence-electron chi connectivity index (χ3n) is 5.13. The molecular weight excluding hydrogens is 412 g/mol. The SMILES string of the molecule is NC(=O)COc1cccc(-c2noc(C3CCCCN3C(=O)COc3ccccc3)n2)c1. The summed E-state index contributed by atoms with van der Waals surface area (Å²) in [6, 6.07) is 15.9. The number of rotatable bonds is 8. The van der Waals surface area contributed by atoms with Crippen LogP contribution in [0.25, 0.3) is 11.4 Å². The summed E-state index contributed by atoms with van der Waals surface area (Å²) in [6.07, 6.45) is 2.61. The van der Waals surface area contributed by atoms with Gasteiger partial charge in [0, 0.05) is 12.1 Å². The minimum Gasteiger partial charge on any atom is -0.484 e. The zero-order valence-corrected chi connectivity index (χ0v) is 17.5. The number of nitrogens with zero attached hydrogens (tertiary/aromatic N) is 3. The summed E-state index contributed by atoms with van der Waals surface area (Å²) in [4.78, 5) is 30.1. The van der Waals surface area contributed by atoms with Crippen molar-refractivity contribution >= 4 is 11.8 Å². The first-order valence-electron chi connectivity index (χ1n) is 10.4. The van der Waals surface area contributed by atoms with Crippen molar-refractivity contribution in [2.45, 2.75) is 25.3 Å². The van der Waals surface area contributed by atoms with Gasteiger partial charge in [-0.15, -0.1) is 0 Å². The molecule has 1 unspecified atom stereocenters. The first-order chi connectivity index (χ1) is 15.6. The van der Waals surface area contributed by atoms with E-state index in [0.717, 1.165) is 19.3 Å². The number of aromatic nitrogens is 2. The maximum atomic E-state index is 12.9. The Morgan fingerprint density at radius 2 is 1.81 bits per heavy atom. The molecule has 2 N–H and O–H groups in total. The Hall–Kier alpha value is -3.88. The largest absolute Gasteiger partial charge is 0.484 e. The van der Waals surface area contributed by atoms with Crippen molar-refractivity contribution in [2.24, 2.45) is 5.73 Å². The van der Waals surface area contributed by atoms with Gasteiger partial charge in [-0.3, -0.25) is 9.59 Å². The number of nitrogens with two attached hydrogens (primary N) is 1. The van der Waals surface area contributed by atoms with Crippen LogP contribution >= 0.6 is 0 Å². The fraction of sp³-hybridized carbons (Fsp3) is 0.304. The van der Waals surface area contributed by atoms with Crippen molar-refractivity contribution in [3.63, 3.8) is 0 Å². The molecule has 0 aliphatic carbocycles. The number of carbonyl (C=O) groups is 2. The molecule has 0 saturated carbocycles. The molecule has 0 bridgehead atoms. The first kappa shape index (κ1) is 21.4. The van der Waals surface area contributed by atoms with E-state index < -0.39 is 5.91 Å². The highest BCUT2D eigenvalue weighted by molar-refractivity contribution is 5.78. The average Bonchev–Trinajstić information content (AvgIpc) is 3.32. The molecule has 4 rings (SSSR count). The van der Waals surface area contributed by atoms with Gasteiger partial charge in [-0.2, -0.15) is 4.98 Å². The van der Waals surface area contributed by atoms with Crippen LogP contribution in [0.5, 0.6) is 11.5 Å². The van der Waals surface area contributed by atoms with Crippen LogP contribution in [-0.4, -0.2) is 46.6 Å². The van der Waals surface area contributed by atoms with Crippen LogP contribution in [-0.2, 0) is 9.59 Å². The number of amides is 2. The van der Waals surface area contributed by atoms with E-state index in [4.69, 9.17) is 19.7 Å². The molecule has 1 aromatic heterocycles. The van der Waals surface area contributed by atoms with E-state index in [1.165, 1.54) is 0 Å². The van der Waals surface area contributed by atoms with Crippen molar-refractivity contribution in [1.82, 2.24) is 15.0 Å². The van der Waals surface area contributed by atoms with Crippen molar-refractivity contribution in [3.8, 4) is 22.9 Å². The van der Waals surface area contributed by atoms with Gasteiger partial charge < -0.3 is 24.6 Å². The minimum absolute atomic E-state index is 0.0548. The van der Waals surface area contributed by atoms with Gasteiger partial charge in [0.2, 0.25) is 11.7 Å². The molecular formula is C23H24N4O5. The Balaban J connectivity index is 1.46. The second kappa shape index (κ2) is 9.95. The molecule has 2 heterocycles. The monoisotopic (exact) mass is 436 g/mol. The van der Waals surface area contributed by atoms with Crippen LogP contribution in [0, 0.1) is 0 Å². The highest BCUT2D eigenvalue weighted by atomic mass is 16.5. The van der Waals surface area contributed by atoms with Crippen LogP contribution < -0.4 is 15.2 Å². The Kier molecular flexibility index (Phi) is 6.64. The second-order valence-electron chi connectivity index (χ2n) is 7.44. The number of piperidine rings is 1. The summed E-state index contributed by atoms with van der Waals surface area (Å²) >= 11 is 0. The fourth-order valence-electron chi connectivity index (χ4n) is 3.60. The molecule has 2 amide bonds. The first-order valence-corrected chi connectivity index (χ1v) is 10.4. The van der Waals surface area contributed by atoms with Crippen molar-refractivity contribution in [2.75, 3.05) is 19.8 Å². The molecule has 1 aliphatic heterocycles. The Morgan fingerprint density at radius 3 is 2.62 bits per heavy atom. The summed E-state index contributed by atoms with van der Waals surface area (Å²) in [7, 11) is 0. The molecule has 2 aromatic carbocycles. The number of primary amides is 1. The molecule has 3 aromatic rings. The Bertz CT molecular complexity index is 1070. The van der Waals surface area contributed by atoms with Gasteiger partial charge in [0.05, 0.1) is 0 Å². The third kappa shape index (κ3) is 5.23. The van der Waals surface area contributed by atoms with E-state index in [0.29, 0.717) is 35.3 Å².